The van der Waals surface area contributed by atoms with Crippen LogP contribution in [0.1, 0.15) is 41.0 Å². The second kappa shape index (κ2) is 14.5. The van der Waals surface area contributed by atoms with Crippen molar-refractivity contribution < 1.29 is 60.1 Å². The second-order valence-corrected chi connectivity index (χ2v) is 15.7. The van der Waals surface area contributed by atoms with Gasteiger partial charge in [0.15, 0.2) is 0 Å². The summed E-state index contributed by atoms with van der Waals surface area (Å²) in [6.07, 6.45) is -9.48. The van der Waals surface area contributed by atoms with Gasteiger partial charge in [0, 0.05) is 16.5 Å². The molecule has 8 rings (SSSR count). The van der Waals surface area contributed by atoms with Crippen LogP contribution in [-0.4, -0.2) is 48.0 Å². The molecule has 1 saturated carbocycles. The summed E-state index contributed by atoms with van der Waals surface area (Å²) in [5.41, 5.74) is -2.71. The molecule has 2 aliphatic heterocycles. The number of anilines is 2. The molecule has 0 aromatic heterocycles. The average molecular weight is 875 g/mol. The Hall–Kier alpha value is -5.74. The number of amides is 4. The molecule has 4 aromatic rings. The minimum atomic E-state index is -5.27. The predicted octanol–water partition coefficient (Wildman–Crippen LogP) is 8.94. The third-order valence-electron chi connectivity index (χ3n) is 12.0. The number of allylic oxidation sites excluding steroid dienone is 2. The number of carbonyl (C=O) groups is 4. The molecule has 10 nitrogen and oxygen atoms in total. The highest BCUT2D eigenvalue weighted by molar-refractivity contribution is 6.36. The van der Waals surface area contributed by atoms with Crippen molar-refractivity contribution in [2.45, 2.75) is 36.5 Å². The molecule has 4 amide bonds. The van der Waals surface area contributed by atoms with E-state index in [2.05, 4.69) is 5.43 Å². The zero-order valence-electron chi connectivity index (χ0n) is 31.2. The Morgan fingerprint density at radius 2 is 1.47 bits per heavy atom. The fraction of sp³-hybridized carbons (Fsp3) is 0.286. The molecular weight excluding hydrogens is 843 g/mol. The lowest BCUT2D eigenvalue weighted by Gasteiger charge is -2.50. The normalized spacial score (nSPS) is 25.2. The average Bonchev–Trinajstić information content (AvgIpc) is 3.58. The minimum Gasteiger partial charge on any atom is -0.508 e. The monoisotopic (exact) mass is 873 g/mol. The number of nitrogens with zero attached hydrogens (tertiary/aromatic N) is 2. The number of carbonyl (C=O) groups excluding carboxylic acids is 4. The van der Waals surface area contributed by atoms with Crippen LogP contribution >= 0.6 is 23.2 Å². The quantitative estimate of drug-likeness (QED) is 0.107. The zero-order chi connectivity index (χ0) is 43.2. The zero-order valence-corrected chi connectivity index (χ0v) is 32.7. The largest absolute Gasteiger partial charge is 0.508 e. The van der Waals surface area contributed by atoms with E-state index < -0.39 is 87.8 Å². The fourth-order valence-corrected chi connectivity index (χ4v) is 9.93. The lowest BCUT2D eigenvalue weighted by Crippen LogP contribution is -2.53. The molecule has 2 N–H and O–H groups in total. The number of imide groups is 2. The Morgan fingerprint density at radius 3 is 2.07 bits per heavy atom. The summed E-state index contributed by atoms with van der Waals surface area (Å²) >= 11 is 12.6. The highest BCUT2D eigenvalue weighted by Gasteiger charge is 2.71. The van der Waals surface area contributed by atoms with Crippen LogP contribution < -0.4 is 19.8 Å². The van der Waals surface area contributed by atoms with E-state index in [4.69, 9.17) is 32.7 Å². The van der Waals surface area contributed by atoms with Crippen molar-refractivity contribution in [2.75, 3.05) is 24.5 Å². The highest BCUT2D eigenvalue weighted by Crippen LogP contribution is 2.66. The lowest BCUT2D eigenvalue weighted by molar-refractivity contribution is -0.143. The molecule has 2 aliphatic carbocycles. The molecule has 0 spiro atoms. The maximum atomic E-state index is 15.5. The number of benzene rings is 4. The molecule has 2 saturated heterocycles. The number of hydrogen-bond donors (Lipinski definition) is 2. The first kappa shape index (κ1) is 41.0. The van der Waals surface area contributed by atoms with Crippen LogP contribution in [-0.2, 0) is 36.9 Å². The van der Waals surface area contributed by atoms with Gasteiger partial charge in [-0.15, -0.1) is 0 Å². The van der Waals surface area contributed by atoms with Crippen molar-refractivity contribution in [3.8, 4) is 17.2 Å². The van der Waals surface area contributed by atoms with Gasteiger partial charge in [0.1, 0.15) is 17.2 Å². The predicted molar refractivity (Wildman–Crippen MR) is 204 cm³/mol. The van der Waals surface area contributed by atoms with E-state index in [-0.39, 0.29) is 57.3 Å². The molecule has 3 fully saturated rings. The van der Waals surface area contributed by atoms with E-state index in [0.29, 0.717) is 28.4 Å². The molecule has 312 valence electrons. The van der Waals surface area contributed by atoms with E-state index in [0.717, 1.165) is 5.01 Å². The number of rotatable bonds is 7. The van der Waals surface area contributed by atoms with Crippen molar-refractivity contribution in [3.05, 3.63) is 123 Å². The highest BCUT2D eigenvalue weighted by atomic mass is 35.5. The third kappa shape index (κ3) is 6.25. The molecule has 0 bridgehead atoms. The first-order valence-corrected chi connectivity index (χ1v) is 19.1. The molecule has 4 aromatic carbocycles. The van der Waals surface area contributed by atoms with Crippen molar-refractivity contribution in [1.82, 2.24) is 5.01 Å². The Morgan fingerprint density at radius 1 is 0.800 bits per heavy atom. The number of phenolic OH excluding ortho intramolecular Hbond substituents is 1. The van der Waals surface area contributed by atoms with Crippen LogP contribution in [0.3, 0.4) is 0 Å². The first-order valence-electron chi connectivity index (χ1n) is 18.3. The smallest absolute Gasteiger partial charge is 0.416 e. The van der Waals surface area contributed by atoms with Gasteiger partial charge in [-0.05, 0) is 85.0 Å². The van der Waals surface area contributed by atoms with Gasteiger partial charge in [-0.25, -0.2) is 4.90 Å². The Balaban J connectivity index is 1.34. The number of hydrazine groups is 1. The summed E-state index contributed by atoms with van der Waals surface area (Å²) in [6, 6.07) is 15.5. The van der Waals surface area contributed by atoms with E-state index in [1.54, 1.807) is 30.3 Å². The van der Waals surface area contributed by atoms with E-state index in [9.17, 15) is 45.8 Å². The topological polar surface area (TPSA) is 125 Å². The number of aromatic hydroxyl groups is 1. The fourth-order valence-electron chi connectivity index (χ4n) is 9.48. The van der Waals surface area contributed by atoms with Crippen LogP contribution in [0.2, 0.25) is 10.0 Å². The maximum Gasteiger partial charge on any atom is 0.416 e. The van der Waals surface area contributed by atoms with Gasteiger partial charge >= 0.3 is 12.4 Å². The second-order valence-electron chi connectivity index (χ2n) is 14.9. The number of nitrogens with one attached hydrogen (secondary N) is 1. The molecule has 60 heavy (non-hydrogen) atoms. The van der Waals surface area contributed by atoms with Gasteiger partial charge in [-0.3, -0.25) is 24.6 Å². The van der Waals surface area contributed by atoms with Gasteiger partial charge in [0.05, 0.1) is 64.9 Å². The van der Waals surface area contributed by atoms with E-state index in [1.807, 2.05) is 0 Å². The Kier molecular flexibility index (Phi) is 9.89. The number of hydrogen-bond acceptors (Lipinski definition) is 8. The summed E-state index contributed by atoms with van der Waals surface area (Å²) in [5.74, 6) is -10.1. The molecule has 18 heteroatoms. The first-order chi connectivity index (χ1) is 28.3. The van der Waals surface area contributed by atoms with Gasteiger partial charge < -0.3 is 14.6 Å². The molecule has 0 radical (unpaired) electrons. The Bertz CT molecular complexity index is 2480. The van der Waals surface area contributed by atoms with Crippen molar-refractivity contribution in [3.63, 3.8) is 0 Å². The molecule has 6 atom stereocenters. The Labute approximate surface area is 347 Å². The number of ether oxygens (including phenoxy) is 2. The number of methoxy groups -OCH3 is 2. The van der Waals surface area contributed by atoms with Crippen LogP contribution in [0.5, 0.6) is 17.2 Å². The van der Waals surface area contributed by atoms with Crippen molar-refractivity contribution in [2.24, 2.45) is 23.7 Å². The number of phenols is 1. The third-order valence-corrected chi connectivity index (χ3v) is 12.5. The molecule has 4 aliphatic rings. The van der Waals surface area contributed by atoms with Crippen LogP contribution in [0, 0.1) is 23.7 Å². The van der Waals surface area contributed by atoms with Crippen LogP contribution in [0.4, 0.5) is 37.7 Å². The van der Waals surface area contributed by atoms with Crippen LogP contribution in [0.25, 0.3) is 0 Å². The maximum absolute atomic E-state index is 15.5. The number of fused-ring (bicyclic) bond motifs is 4. The summed E-state index contributed by atoms with van der Waals surface area (Å²) < 4.78 is 94.9. The van der Waals surface area contributed by atoms with E-state index in [1.165, 1.54) is 50.6 Å². The van der Waals surface area contributed by atoms with Gasteiger partial charge in [-0.2, -0.15) is 31.4 Å². The summed E-state index contributed by atoms with van der Waals surface area (Å²) in [6.45, 7) is 0. The number of halogens is 8. The lowest BCUT2D eigenvalue weighted by atomic mass is 9.49. The summed E-state index contributed by atoms with van der Waals surface area (Å²) in [5, 5.41) is 12.8. The van der Waals surface area contributed by atoms with Gasteiger partial charge in [0.25, 0.3) is 11.8 Å². The summed E-state index contributed by atoms with van der Waals surface area (Å²) in [4.78, 5) is 59.5. The molecule has 2 heterocycles. The summed E-state index contributed by atoms with van der Waals surface area (Å²) in [7, 11) is 2.75. The standard InChI is InChI=1S/C42H31Cl2F6N3O7/c1-59-24-9-6-19(7-10-24)40-28(37(56)53(39(40)58)51-30-13-8-22(43)17-29(30)44)18-27-25(35(40)34-31(54)4-3-5-32(34)60-2)11-12-26-33(27)38(57)52(36(26)55)23-15-20(41(45,46)47)14-21(16-23)42(48,49)50/h3-11,13-17,26-28,33,35,51,54H,12,18H2,1-2H3/t26-,27+,28-,33-,35+,40+/m0/s1. The SMILES string of the molecule is COc1ccc([C@@]23C(=O)N(Nc4ccc(Cl)cc4Cl)C(=O)[C@@H]2C[C@@H]2C(=CC[C@@H]4C(=O)N(c5cc(C(F)(F)F)cc(C(F)(F)F)c5)C(=O)[C@@H]42)[C@@H]3c2c(O)cccc2OC)cc1. The van der Waals surface area contributed by atoms with Gasteiger partial charge in [0.2, 0.25) is 11.8 Å². The van der Waals surface area contributed by atoms with E-state index >= 15 is 4.79 Å². The molecule has 0 unspecified atom stereocenters. The van der Waals surface area contributed by atoms with Crippen molar-refractivity contribution in [1.29, 1.82) is 0 Å². The minimum absolute atomic E-state index is 0.0454. The number of alkyl halides is 6. The molecular formula is C42H31Cl2F6N3O7. The van der Waals surface area contributed by atoms with Crippen molar-refractivity contribution >= 4 is 58.2 Å². The van der Waals surface area contributed by atoms with Gasteiger partial charge in [-0.1, -0.05) is 53.1 Å². The van der Waals surface area contributed by atoms with Crippen LogP contribution in [0.15, 0.2) is 90.5 Å².